The van der Waals surface area contributed by atoms with Gasteiger partial charge in [0.25, 0.3) is 5.91 Å². The first-order valence-electron chi connectivity index (χ1n) is 6.21. The van der Waals surface area contributed by atoms with E-state index >= 15 is 0 Å². The summed E-state index contributed by atoms with van der Waals surface area (Å²) in [4.78, 5) is 24.9. The molecule has 2 heterocycles. The standard InChI is InChI=1S/C14H12N2O4/c17-13(12-11(14(18)19)7-15-20-12)16-6-5-9-3-1-2-4-10(9)8-16/h1-4,7H,5-6,8H2,(H,18,19). The summed E-state index contributed by atoms with van der Waals surface area (Å²) >= 11 is 0. The van der Waals surface area contributed by atoms with Gasteiger partial charge in [0.1, 0.15) is 5.56 Å². The SMILES string of the molecule is O=C(O)c1cnoc1C(=O)N1CCc2ccccc2C1. The van der Waals surface area contributed by atoms with Crippen molar-refractivity contribution in [1.82, 2.24) is 10.1 Å². The molecule has 0 saturated heterocycles. The number of carboxylic acids is 1. The number of nitrogens with zero attached hydrogens (tertiary/aromatic N) is 2. The highest BCUT2D eigenvalue weighted by atomic mass is 16.5. The van der Waals surface area contributed by atoms with E-state index in [0.717, 1.165) is 18.2 Å². The van der Waals surface area contributed by atoms with Gasteiger partial charge < -0.3 is 14.5 Å². The van der Waals surface area contributed by atoms with Gasteiger partial charge in [-0.2, -0.15) is 0 Å². The van der Waals surface area contributed by atoms with Gasteiger partial charge in [-0.05, 0) is 17.5 Å². The number of carbonyl (C=O) groups is 2. The second-order valence-corrected chi connectivity index (χ2v) is 4.62. The maximum Gasteiger partial charge on any atom is 0.341 e. The summed E-state index contributed by atoms with van der Waals surface area (Å²) in [5.74, 6) is -1.86. The van der Waals surface area contributed by atoms with Crippen LogP contribution in [0.4, 0.5) is 0 Å². The predicted octanol–water partition coefficient (Wildman–Crippen LogP) is 1.57. The molecule has 0 unspecified atom stereocenters. The Morgan fingerprint density at radius 2 is 2.00 bits per heavy atom. The van der Waals surface area contributed by atoms with Crippen molar-refractivity contribution < 1.29 is 19.2 Å². The van der Waals surface area contributed by atoms with Crippen molar-refractivity contribution in [2.24, 2.45) is 0 Å². The van der Waals surface area contributed by atoms with E-state index in [1.165, 1.54) is 5.56 Å². The second kappa shape index (κ2) is 4.80. The highest BCUT2D eigenvalue weighted by molar-refractivity contribution is 6.02. The molecule has 1 aromatic carbocycles. The van der Waals surface area contributed by atoms with Crippen LogP contribution in [0.2, 0.25) is 0 Å². The van der Waals surface area contributed by atoms with Gasteiger partial charge in [-0.1, -0.05) is 29.4 Å². The molecule has 20 heavy (non-hydrogen) atoms. The summed E-state index contributed by atoms with van der Waals surface area (Å²) in [6.45, 7) is 0.990. The number of aromatic carboxylic acids is 1. The molecule has 0 radical (unpaired) electrons. The Balaban J connectivity index is 1.86. The largest absolute Gasteiger partial charge is 0.477 e. The van der Waals surface area contributed by atoms with E-state index in [2.05, 4.69) is 5.16 Å². The summed E-state index contributed by atoms with van der Waals surface area (Å²) < 4.78 is 4.81. The van der Waals surface area contributed by atoms with E-state index in [4.69, 9.17) is 9.63 Å². The Hall–Kier alpha value is -2.63. The number of benzene rings is 1. The Labute approximate surface area is 114 Å². The monoisotopic (exact) mass is 272 g/mol. The average molecular weight is 272 g/mol. The summed E-state index contributed by atoms with van der Waals surface area (Å²) in [5, 5.41) is 12.4. The molecule has 1 aliphatic heterocycles. The first-order chi connectivity index (χ1) is 9.66. The van der Waals surface area contributed by atoms with E-state index < -0.39 is 11.9 Å². The quantitative estimate of drug-likeness (QED) is 0.897. The smallest absolute Gasteiger partial charge is 0.341 e. The lowest BCUT2D eigenvalue weighted by molar-refractivity contribution is 0.0647. The minimum absolute atomic E-state index is 0.200. The lowest BCUT2D eigenvalue weighted by atomic mass is 9.99. The summed E-state index contributed by atoms with van der Waals surface area (Å²) in [6.07, 6.45) is 1.80. The zero-order valence-corrected chi connectivity index (χ0v) is 10.6. The first kappa shape index (κ1) is 12.4. The normalized spacial score (nSPS) is 13.9. The van der Waals surface area contributed by atoms with Crippen LogP contribution in [0.15, 0.2) is 35.0 Å². The molecule has 1 aromatic heterocycles. The highest BCUT2D eigenvalue weighted by Gasteiger charge is 2.28. The van der Waals surface area contributed by atoms with Gasteiger partial charge in [0.2, 0.25) is 5.76 Å². The minimum atomic E-state index is -1.22. The topological polar surface area (TPSA) is 83.6 Å². The fourth-order valence-corrected chi connectivity index (χ4v) is 2.36. The number of carboxylic acid groups (broad SMARTS) is 1. The third-order valence-corrected chi connectivity index (χ3v) is 3.41. The second-order valence-electron chi connectivity index (χ2n) is 4.62. The summed E-state index contributed by atoms with van der Waals surface area (Å²) in [6, 6.07) is 7.89. The molecular formula is C14H12N2O4. The van der Waals surface area contributed by atoms with Crippen molar-refractivity contribution in [3.63, 3.8) is 0 Å². The number of hydrogen-bond acceptors (Lipinski definition) is 4. The number of aromatic nitrogens is 1. The molecule has 0 aliphatic carbocycles. The van der Waals surface area contributed by atoms with Crippen LogP contribution in [0, 0.1) is 0 Å². The van der Waals surface area contributed by atoms with Crippen molar-refractivity contribution >= 4 is 11.9 Å². The van der Waals surface area contributed by atoms with Gasteiger partial charge >= 0.3 is 5.97 Å². The fourth-order valence-electron chi connectivity index (χ4n) is 2.36. The minimum Gasteiger partial charge on any atom is -0.477 e. The van der Waals surface area contributed by atoms with Crippen LogP contribution in [0.1, 0.15) is 32.0 Å². The van der Waals surface area contributed by atoms with Gasteiger partial charge in [-0.25, -0.2) is 4.79 Å². The zero-order chi connectivity index (χ0) is 14.1. The van der Waals surface area contributed by atoms with Gasteiger partial charge in [0.05, 0.1) is 6.20 Å². The third-order valence-electron chi connectivity index (χ3n) is 3.41. The van der Waals surface area contributed by atoms with Crippen LogP contribution >= 0.6 is 0 Å². The number of hydrogen-bond donors (Lipinski definition) is 1. The van der Waals surface area contributed by atoms with E-state index in [9.17, 15) is 9.59 Å². The molecule has 1 amide bonds. The highest BCUT2D eigenvalue weighted by Crippen LogP contribution is 2.21. The maximum absolute atomic E-state index is 12.3. The van der Waals surface area contributed by atoms with E-state index in [0.29, 0.717) is 13.1 Å². The lowest BCUT2D eigenvalue weighted by Crippen LogP contribution is -2.36. The van der Waals surface area contributed by atoms with Crippen molar-refractivity contribution in [2.45, 2.75) is 13.0 Å². The first-order valence-corrected chi connectivity index (χ1v) is 6.21. The molecule has 0 saturated carbocycles. The molecule has 0 bridgehead atoms. The van der Waals surface area contributed by atoms with Gasteiger partial charge in [0, 0.05) is 13.1 Å². The van der Waals surface area contributed by atoms with Crippen LogP contribution < -0.4 is 0 Å². The Kier molecular flexibility index (Phi) is 2.98. The molecule has 2 aromatic rings. The molecule has 102 valence electrons. The van der Waals surface area contributed by atoms with E-state index in [1.807, 2.05) is 24.3 Å². The number of rotatable bonds is 2. The molecule has 0 fully saturated rings. The van der Waals surface area contributed by atoms with E-state index in [1.54, 1.807) is 4.90 Å². The van der Waals surface area contributed by atoms with Crippen molar-refractivity contribution in [1.29, 1.82) is 0 Å². The van der Waals surface area contributed by atoms with Crippen LogP contribution in [0.25, 0.3) is 0 Å². The van der Waals surface area contributed by atoms with Gasteiger partial charge in [-0.3, -0.25) is 4.79 Å². The van der Waals surface area contributed by atoms with Crippen LogP contribution in [-0.4, -0.2) is 33.6 Å². The van der Waals surface area contributed by atoms with Gasteiger partial charge in [0.15, 0.2) is 0 Å². The Morgan fingerprint density at radius 1 is 1.25 bits per heavy atom. The average Bonchev–Trinajstić information content (AvgIpc) is 2.95. The fraction of sp³-hybridized carbons (Fsp3) is 0.214. The molecule has 0 atom stereocenters. The number of amides is 1. The van der Waals surface area contributed by atoms with Crippen LogP contribution in [-0.2, 0) is 13.0 Å². The molecular weight excluding hydrogens is 260 g/mol. The molecule has 1 N–H and O–H groups in total. The summed E-state index contributed by atoms with van der Waals surface area (Å²) in [7, 11) is 0. The maximum atomic E-state index is 12.3. The Morgan fingerprint density at radius 3 is 2.75 bits per heavy atom. The zero-order valence-electron chi connectivity index (χ0n) is 10.6. The van der Waals surface area contributed by atoms with Crippen LogP contribution in [0.5, 0.6) is 0 Å². The molecule has 6 nitrogen and oxygen atoms in total. The van der Waals surface area contributed by atoms with Crippen molar-refractivity contribution in [2.75, 3.05) is 6.54 Å². The third kappa shape index (κ3) is 2.05. The number of carbonyl (C=O) groups excluding carboxylic acids is 1. The predicted molar refractivity (Wildman–Crippen MR) is 68.3 cm³/mol. The Bertz CT molecular complexity index is 677. The molecule has 6 heteroatoms. The molecule has 1 aliphatic rings. The van der Waals surface area contributed by atoms with Gasteiger partial charge in [-0.15, -0.1) is 0 Å². The number of fused-ring (bicyclic) bond motifs is 1. The van der Waals surface area contributed by atoms with E-state index in [-0.39, 0.29) is 11.3 Å². The van der Waals surface area contributed by atoms with Crippen molar-refractivity contribution in [3.8, 4) is 0 Å². The molecule has 0 spiro atoms. The van der Waals surface area contributed by atoms with Crippen molar-refractivity contribution in [3.05, 3.63) is 52.9 Å². The lowest BCUT2D eigenvalue weighted by Gasteiger charge is -2.28. The summed E-state index contributed by atoms with van der Waals surface area (Å²) in [5.41, 5.74) is 2.09. The molecule has 3 rings (SSSR count). The van der Waals surface area contributed by atoms with Crippen LogP contribution in [0.3, 0.4) is 0 Å².